The second-order valence-electron chi connectivity index (χ2n) is 5.62. The number of aromatic amines is 1. The summed E-state index contributed by atoms with van der Waals surface area (Å²) in [6, 6.07) is 0.0842. The molecule has 7 heteroatoms. The highest BCUT2D eigenvalue weighted by Crippen LogP contribution is 2.31. The van der Waals surface area contributed by atoms with Crippen LogP contribution in [0.1, 0.15) is 44.5 Å². The lowest BCUT2D eigenvalue weighted by Crippen LogP contribution is -2.47. The van der Waals surface area contributed by atoms with E-state index in [-0.39, 0.29) is 12.1 Å². The number of sulfonamides is 1. The number of aromatic nitrogens is 2. The minimum absolute atomic E-state index is 0.0421. The van der Waals surface area contributed by atoms with Crippen molar-refractivity contribution in [1.29, 1.82) is 0 Å². The van der Waals surface area contributed by atoms with Gasteiger partial charge in [0.2, 0.25) is 10.0 Å². The van der Waals surface area contributed by atoms with Crippen LogP contribution in [0.4, 0.5) is 0 Å². The Morgan fingerprint density at radius 2 is 1.95 bits per heavy atom. The van der Waals surface area contributed by atoms with Crippen molar-refractivity contribution in [2.75, 3.05) is 7.05 Å². The molecule has 2 N–H and O–H groups in total. The topological polar surface area (TPSA) is 78.1 Å². The van der Waals surface area contributed by atoms with Crippen LogP contribution in [0.25, 0.3) is 0 Å². The first-order chi connectivity index (χ1) is 9.39. The SMILES string of the molecule is CNCc1n[nH]c(C)c1S(=O)(=O)N1[C@H](C)CCC[C@@H]1C. The summed E-state index contributed by atoms with van der Waals surface area (Å²) in [4.78, 5) is 0.340. The summed E-state index contributed by atoms with van der Waals surface area (Å²) < 4.78 is 27.7. The summed E-state index contributed by atoms with van der Waals surface area (Å²) >= 11 is 0. The van der Waals surface area contributed by atoms with Crippen molar-refractivity contribution >= 4 is 10.0 Å². The third kappa shape index (κ3) is 2.62. The highest BCUT2D eigenvalue weighted by molar-refractivity contribution is 7.89. The van der Waals surface area contributed by atoms with Gasteiger partial charge in [-0.05, 0) is 40.7 Å². The Bertz CT molecular complexity index is 557. The standard InChI is InChI=1S/C13H24N4O2S/c1-9-6-5-7-10(2)17(9)20(18,19)13-11(3)15-16-12(13)8-14-4/h9-10,14H,5-8H2,1-4H3,(H,15,16)/t9-,10+. The molecule has 1 aromatic rings. The fourth-order valence-electron chi connectivity index (χ4n) is 3.08. The number of hydrogen-bond donors (Lipinski definition) is 2. The number of aryl methyl sites for hydroxylation is 1. The number of hydrogen-bond acceptors (Lipinski definition) is 4. The van der Waals surface area contributed by atoms with Gasteiger partial charge in [-0.3, -0.25) is 5.10 Å². The van der Waals surface area contributed by atoms with Gasteiger partial charge in [0.05, 0.1) is 11.4 Å². The highest BCUT2D eigenvalue weighted by Gasteiger charge is 2.38. The molecule has 0 unspecified atom stereocenters. The van der Waals surface area contributed by atoms with Gasteiger partial charge in [0.15, 0.2) is 0 Å². The van der Waals surface area contributed by atoms with Crippen LogP contribution >= 0.6 is 0 Å². The number of nitrogens with zero attached hydrogens (tertiary/aromatic N) is 2. The third-order valence-corrected chi connectivity index (χ3v) is 6.29. The molecule has 1 fully saturated rings. The molecule has 2 rings (SSSR count). The van der Waals surface area contributed by atoms with Crippen molar-refractivity contribution in [2.45, 2.75) is 63.6 Å². The molecule has 114 valence electrons. The summed E-state index contributed by atoms with van der Waals surface area (Å²) in [5, 5.41) is 9.89. The van der Waals surface area contributed by atoms with Gasteiger partial charge in [0.25, 0.3) is 0 Å². The molecule has 1 aromatic heterocycles. The molecule has 0 saturated carbocycles. The molecule has 1 aliphatic heterocycles. The first-order valence-electron chi connectivity index (χ1n) is 7.11. The first kappa shape index (κ1) is 15.5. The van der Waals surface area contributed by atoms with Crippen molar-refractivity contribution in [3.63, 3.8) is 0 Å². The molecule has 0 bridgehead atoms. The van der Waals surface area contributed by atoms with E-state index in [1.54, 1.807) is 18.3 Å². The second kappa shape index (κ2) is 5.83. The average Bonchev–Trinajstić information content (AvgIpc) is 2.71. The maximum absolute atomic E-state index is 13.0. The molecule has 2 heterocycles. The molecule has 0 spiro atoms. The largest absolute Gasteiger partial charge is 0.314 e. The van der Waals surface area contributed by atoms with Crippen LogP contribution in [-0.2, 0) is 16.6 Å². The Kier molecular flexibility index (Phi) is 4.51. The van der Waals surface area contributed by atoms with Gasteiger partial charge in [-0.25, -0.2) is 8.42 Å². The third-order valence-electron chi connectivity index (χ3n) is 3.95. The van der Waals surface area contributed by atoms with E-state index in [0.29, 0.717) is 22.8 Å². The van der Waals surface area contributed by atoms with Crippen LogP contribution < -0.4 is 5.32 Å². The van der Waals surface area contributed by atoms with E-state index >= 15 is 0 Å². The van der Waals surface area contributed by atoms with Crippen LogP contribution in [0.3, 0.4) is 0 Å². The van der Waals surface area contributed by atoms with Gasteiger partial charge in [0.1, 0.15) is 4.90 Å². The number of piperidine rings is 1. The molecule has 0 aliphatic carbocycles. The normalized spacial score (nSPS) is 25.0. The molecule has 6 nitrogen and oxygen atoms in total. The van der Waals surface area contributed by atoms with E-state index in [0.717, 1.165) is 19.3 Å². The first-order valence-corrected chi connectivity index (χ1v) is 8.55. The van der Waals surface area contributed by atoms with Crippen LogP contribution in [0.2, 0.25) is 0 Å². The van der Waals surface area contributed by atoms with Crippen molar-refractivity contribution in [1.82, 2.24) is 19.8 Å². The smallest absolute Gasteiger partial charge is 0.247 e. The minimum Gasteiger partial charge on any atom is -0.314 e. The minimum atomic E-state index is -3.50. The average molecular weight is 300 g/mol. The van der Waals surface area contributed by atoms with Crippen LogP contribution in [0.15, 0.2) is 4.90 Å². The molecule has 0 radical (unpaired) electrons. The lowest BCUT2D eigenvalue weighted by Gasteiger charge is -2.37. The predicted octanol–water partition coefficient (Wildman–Crippen LogP) is 1.39. The zero-order valence-electron chi connectivity index (χ0n) is 12.6. The van der Waals surface area contributed by atoms with E-state index in [4.69, 9.17) is 0 Å². The molecule has 20 heavy (non-hydrogen) atoms. The Balaban J connectivity index is 2.46. The summed E-state index contributed by atoms with van der Waals surface area (Å²) in [7, 11) is -1.72. The van der Waals surface area contributed by atoms with Gasteiger partial charge in [-0.2, -0.15) is 9.40 Å². The van der Waals surface area contributed by atoms with E-state index in [1.807, 2.05) is 13.8 Å². The molecule has 2 atom stereocenters. The van der Waals surface area contributed by atoms with E-state index < -0.39 is 10.0 Å². The quantitative estimate of drug-likeness (QED) is 0.881. The maximum atomic E-state index is 13.0. The second-order valence-corrected chi connectivity index (χ2v) is 7.40. The van der Waals surface area contributed by atoms with Crippen molar-refractivity contribution < 1.29 is 8.42 Å². The van der Waals surface area contributed by atoms with Crippen LogP contribution in [-0.4, -0.2) is 42.1 Å². The Morgan fingerprint density at radius 3 is 2.50 bits per heavy atom. The number of rotatable bonds is 4. The van der Waals surface area contributed by atoms with E-state index in [2.05, 4.69) is 15.5 Å². The maximum Gasteiger partial charge on any atom is 0.247 e. The highest BCUT2D eigenvalue weighted by atomic mass is 32.2. The lowest BCUT2D eigenvalue weighted by atomic mass is 10.0. The van der Waals surface area contributed by atoms with E-state index in [9.17, 15) is 8.42 Å². The molecular weight excluding hydrogens is 276 g/mol. The fourth-order valence-corrected chi connectivity index (χ4v) is 5.29. The van der Waals surface area contributed by atoms with Crippen LogP contribution in [0, 0.1) is 6.92 Å². The summed E-state index contributed by atoms with van der Waals surface area (Å²) in [6.07, 6.45) is 2.92. The number of H-pyrrole nitrogens is 1. The molecule has 0 amide bonds. The lowest BCUT2D eigenvalue weighted by molar-refractivity contribution is 0.204. The zero-order valence-corrected chi connectivity index (χ0v) is 13.4. The Morgan fingerprint density at radius 1 is 1.35 bits per heavy atom. The van der Waals surface area contributed by atoms with Crippen molar-refractivity contribution in [3.05, 3.63) is 11.4 Å². The summed E-state index contributed by atoms with van der Waals surface area (Å²) in [5.74, 6) is 0. The van der Waals surface area contributed by atoms with Gasteiger partial charge in [0, 0.05) is 18.6 Å². The number of nitrogens with one attached hydrogen (secondary N) is 2. The van der Waals surface area contributed by atoms with Crippen molar-refractivity contribution in [2.24, 2.45) is 0 Å². The Hall–Kier alpha value is -0.920. The van der Waals surface area contributed by atoms with Crippen molar-refractivity contribution in [3.8, 4) is 0 Å². The molecule has 1 aliphatic rings. The molecular formula is C13H24N4O2S. The summed E-state index contributed by atoms with van der Waals surface area (Å²) in [6.45, 7) is 6.18. The van der Waals surface area contributed by atoms with Gasteiger partial charge in [-0.1, -0.05) is 6.42 Å². The molecule has 1 saturated heterocycles. The van der Waals surface area contributed by atoms with Gasteiger partial charge in [-0.15, -0.1) is 0 Å². The predicted molar refractivity (Wildman–Crippen MR) is 77.9 cm³/mol. The zero-order chi connectivity index (χ0) is 14.9. The van der Waals surface area contributed by atoms with Gasteiger partial charge < -0.3 is 5.32 Å². The Labute approximate surface area is 121 Å². The molecule has 0 aromatic carbocycles. The monoisotopic (exact) mass is 300 g/mol. The summed E-state index contributed by atoms with van der Waals surface area (Å²) in [5.41, 5.74) is 1.18. The van der Waals surface area contributed by atoms with E-state index in [1.165, 1.54) is 0 Å². The van der Waals surface area contributed by atoms with Crippen LogP contribution in [0.5, 0.6) is 0 Å². The fraction of sp³-hybridized carbons (Fsp3) is 0.769. The van der Waals surface area contributed by atoms with Gasteiger partial charge >= 0.3 is 0 Å².